The Kier molecular flexibility index (Phi) is 5.40. The third-order valence-electron chi connectivity index (χ3n) is 2.40. The highest BCUT2D eigenvalue weighted by atomic mass is 127. The van der Waals surface area contributed by atoms with Crippen LogP contribution in [0.2, 0.25) is 5.02 Å². The summed E-state index contributed by atoms with van der Waals surface area (Å²) in [6.07, 6.45) is 0. The topological polar surface area (TPSA) is 66.4 Å². The van der Waals surface area contributed by atoms with Gasteiger partial charge in [0, 0.05) is 9.13 Å². The van der Waals surface area contributed by atoms with Crippen LogP contribution in [-0.2, 0) is 4.79 Å². The third kappa shape index (κ3) is 3.84. The van der Waals surface area contributed by atoms with Crippen LogP contribution in [0.25, 0.3) is 0 Å². The van der Waals surface area contributed by atoms with Crippen LogP contribution in [0.3, 0.4) is 0 Å². The van der Waals surface area contributed by atoms with Crippen LogP contribution in [0.4, 0.5) is 0 Å². The molecule has 0 unspecified atom stereocenters. The number of carboxylic acid groups (broad SMARTS) is 1. The number of amides is 1. The average Bonchev–Trinajstić information content (AvgIpc) is 2.28. The van der Waals surface area contributed by atoms with Gasteiger partial charge in [0.05, 0.1) is 5.02 Å². The Balaban J connectivity index is 2.87. The Hall–Kier alpha value is -0.820. The Morgan fingerprint density at radius 3 is 2.44 bits per heavy atom. The van der Waals surface area contributed by atoms with Gasteiger partial charge in [-0.05, 0) is 46.7 Å². The third-order valence-corrected chi connectivity index (χ3v) is 3.97. The summed E-state index contributed by atoms with van der Waals surface area (Å²) in [7, 11) is 0. The second-order valence-electron chi connectivity index (χ2n) is 4.16. The fourth-order valence-electron chi connectivity index (χ4n) is 1.38. The second kappa shape index (κ2) is 6.38. The van der Waals surface area contributed by atoms with Gasteiger partial charge in [-0.15, -0.1) is 0 Å². The van der Waals surface area contributed by atoms with E-state index in [1.807, 2.05) is 0 Å². The number of hydrogen-bond acceptors (Lipinski definition) is 2. The normalized spacial score (nSPS) is 12.3. The van der Waals surface area contributed by atoms with Gasteiger partial charge in [-0.3, -0.25) is 4.79 Å². The molecule has 1 aromatic rings. The minimum atomic E-state index is -1.05. The van der Waals surface area contributed by atoms with E-state index < -0.39 is 17.9 Å². The van der Waals surface area contributed by atoms with Crippen molar-refractivity contribution in [1.29, 1.82) is 0 Å². The van der Waals surface area contributed by atoms with Gasteiger partial charge in [0.2, 0.25) is 0 Å². The highest BCUT2D eigenvalue weighted by molar-refractivity contribution is 14.1. The molecule has 4 nitrogen and oxygen atoms in total. The monoisotopic (exact) mass is 381 g/mol. The lowest BCUT2D eigenvalue weighted by Crippen LogP contribution is -2.44. The molecule has 1 amide bonds. The van der Waals surface area contributed by atoms with Crippen molar-refractivity contribution in [3.63, 3.8) is 0 Å². The van der Waals surface area contributed by atoms with Crippen molar-refractivity contribution < 1.29 is 14.7 Å². The molecule has 2 N–H and O–H groups in total. The molecule has 0 heterocycles. The van der Waals surface area contributed by atoms with Crippen LogP contribution in [-0.4, -0.2) is 23.0 Å². The SMILES string of the molecule is CC(C)[C@H](NC(=O)c1ccc(I)c(Cl)c1)C(=O)O. The minimum absolute atomic E-state index is 0.189. The van der Waals surface area contributed by atoms with E-state index >= 15 is 0 Å². The Morgan fingerprint density at radius 1 is 1.39 bits per heavy atom. The number of carboxylic acids is 1. The van der Waals surface area contributed by atoms with Gasteiger partial charge in [-0.25, -0.2) is 4.79 Å². The molecule has 0 spiro atoms. The molecule has 0 bridgehead atoms. The molecule has 0 saturated carbocycles. The highest BCUT2D eigenvalue weighted by Crippen LogP contribution is 2.19. The van der Waals surface area contributed by atoms with E-state index in [1.54, 1.807) is 26.0 Å². The molecule has 18 heavy (non-hydrogen) atoms. The standard InChI is InChI=1S/C12H13ClINO3/c1-6(2)10(12(17)18)15-11(16)7-3-4-9(14)8(13)5-7/h3-6,10H,1-2H3,(H,15,16)(H,17,18)/t10-/m0/s1. The first kappa shape index (κ1) is 15.2. The lowest BCUT2D eigenvalue weighted by atomic mass is 10.0. The molecule has 98 valence electrons. The molecule has 0 aliphatic rings. The minimum Gasteiger partial charge on any atom is -0.480 e. The highest BCUT2D eigenvalue weighted by Gasteiger charge is 2.24. The second-order valence-corrected chi connectivity index (χ2v) is 5.73. The van der Waals surface area contributed by atoms with E-state index in [4.69, 9.17) is 16.7 Å². The molecule has 0 fully saturated rings. The molecule has 0 aromatic heterocycles. The number of aliphatic carboxylic acids is 1. The molecule has 0 aliphatic carbocycles. The summed E-state index contributed by atoms with van der Waals surface area (Å²) >= 11 is 7.97. The van der Waals surface area contributed by atoms with Crippen molar-refractivity contribution >= 4 is 46.1 Å². The molecule has 6 heteroatoms. The summed E-state index contributed by atoms with van der Waals surface area (Å²) in [4.78, 5) is 22.9. The zero-order chi connectivity index (χ0) is 13.9. The zero-order valence-corrected chi connectivity index (χ0v) is 12.8. The first-order valence-corrected chi connectivity index (χ1v) is 6.77. The van der Waals surface area contributed by atoms with Crippen molar-refractivity contribution in [2.24, 2.45) is 5.92 Å². The number of rotatable bonds is 4. The van der Waals surface area contributed by atoms with Gasteiger partial charge in [0.15, 0.2) is 0 Å². The summed E-state index contributed by atoms with van der Waals surface area (Å²) in [6, 6.07) is 3.94. The molecule has 0 saturated heterocycles. The van der Waals surface area contributed by atoms with Crippen molar-refractivity contribution in [2.45, 2.75) is 19.9 Å². The average molecular weight is 382 g/mol. The van der Waals surface area contributed by atoms with E-state index in [2.05, 4.69) is 27.9 Å². The molecule has 0 radical (unpaired) electrons. The van der Waals surface area contributed by atoms with Gasteiger partial charge < -0.3 is 10.4 Å². The van der Waals surface area contributed by atoms with Crippen LogP contribution < -0.4 is 5.32 Å². The predicted molar refractivity (Wildman–Crippen MR) is 77.9 cm³/mol. The van der Waals surface area contributed by atoms with Gasteiger partial charge in [-0.1, -0.05) is 25.4 Å². The molecular formula is C12H13ClINO3. The summed E-state index contributed by atoms with van der Waals surface area (Å²) < 4.78 is 0.837. The van der Waals surface area contributed by atoms with E-state index in [0.29, 0.717) is 10.6 Å². The van der Waals surface area contributed by atoms with Gasteiger partial charge >= 0.3 is 5.97 Å². The maximum atomic E-state index is 11.9. The largest absolute Gasteiger partial charge is 0.480 e. The summed E-state index contributed by atoms with van der Waals surface area (Å²) in [5, 5.41) is 11.9. The van der Waals surface area contributed by atoms with Crippen LogP contribution in [0.15, 0.2) is 18.2 Å². The van der Waals surface area contributed by atoms with E-state index in [-0.39, 0.29) is 5.92 Å². The number of carbonyl (C=O) groups excluding carboxylic acids is 1. The fourth-order valence-corrected chi connectivity index (χ4v) is 1.89. The molecule has 0 aliphatic heterocycles. The smallest absolute Gasteiger partial charge is 0.326 e. The summed E-state index contributed by atoms with van der Waals surface area (Å²) in [5.41, 5.74) is 0.354. The molecule has 1 rings (SSSR count). The van der Waals surface area contributed by atoms with E-state index in [9.17, 15) is 9.59 Å². The Morgan fingerprint density at radius 2 is 2.00 bits per heavy atom. The quantitative estimate of drug-likeness (QED) is 0.788. The molecular weight excluding hydrogens is 368 g/mol. The number of hydrogen-bond donors (Lipinski definition) is 2. The van der Waals surface area contributed by atoms with E-state index in [1.165, 1.54) is 6.07 Å². The lowest BCUT2D eigenvalue weighted by molar-refractivity contribution is -0.140. The van der Waals surface area contributed by atoms with Gasteiger partial charge in [0.1, 0.15) is 6.04 Å². The fraction of sp³-hybridized carbons (Fsp3) is 0.333. The predicted octanol–water partition coefficient (Wildman–Crippen LogP) is 2.78. The zero-order valence-electron chi connectivity index (χ0n) is 9.91. The Labute approximate surface area is 124 Å². The van der Waals surface area contributed by atoms with Crippen molar-refractivity contribution in [2.75, 3.05) is 0 Å². The van der Waals surface area contributed by atoms with Crippen molar-refractivity contribution in [3.8, 4) is 0 Å². The van der Waals surface area contributed by atoms with Gasteiger partial charge in [-0.2, -0.15) is 0 Å². The molecule has 1 aromatic carbocycles. The Bertz CT molecular complexity index is 476. The van der Waals surface area contributed by atoms with Crippen LogP contribution in [0.5, 0.6) is 0 Å². The maximum absolute atomic E-state index is 11.9. The van der Waals surface area contributed by atoms with Crippen molar-refractivity contribution in [1.82, 2.24) is 5.32 Å². The number of benzene rings is 1. The first-order chi connectivity index (χ1) is 8.32. The lowest BCUT2D eigenvalue weighted by Gasteiger charge is -2.18. The number of nitrogens with one attached hydrogen (secondary N) is 1. The summed E-state index contributed by atoms with van der Waals surface area (Å²) in [5.74, 6) is -1.67. The number of carbonyl (C=O) groups is 2. The van der Waals surface area contributed by atoms with Crippen LogP contribution >= 0.6 is 34.2 Å². The summed E-state index contributed by atoms with van der Waals surface area (Å²) in [6.45, 7) is 3.47. The first-order valence-electron chi connectivity index (χ1n) is 5.31. The van der Waals surface area contributed by atoms with E-state index in [0.717, 1.165) is 3.57 Å². The van der Waals surface area contributed by atoms with Gasteiger partial charge in [0.25, 0.3) is 5.91 Å². The number of halogens is 2. The molecule has 1 atom stereocenters. The maximum Gasteiger partial charge on any atom is 0.326 e. The van der Waals surface area contributed by atoms with Crippen LogP contribution in [0.1, 0.15) is 24.2 Å². The van der Waals surface area contributed by atoms with Crippen LogP contribution in [0, 0.1) is 9.49 Å². The van der Waals surface area contributed by atoms with Crippen molar-refractivity contribution in [3.05, 3.63) is 32.4 Å².